The van der Waals surface area contributed by atoms with Crippen LogP contribution in [0.25, 0.3) is 10.4 Å². The highest BCUT2D eigenvalue weighted by Crippen LogP contribution is 2.36. The van der Waals surface area contributed by atoms with Gasteiger partial charge in [0.05, 0.1) is 4.88 Å². The predicted octanol–water partition coefficient (Wildman–Crippen LogP) is 4.35. The normalized spacial score (nSPS) is 15.8. The van der Waals surface area contributed by atoms with Gasteiger partial charge in [-0.05, 0) is 61.1 Å². The maximum Gasteiger partial charge on any atom is 0.190 e. The van der Waals surface area contributed by atoms with E-state index in [2.05, 4.69) is 38.6 Å². The SMILES string of the molecule is CN1CCN(CCCN(c2ccc(O)cc2)c2ncc(-c3ccsc3)s2)CC1. The summed E-state index contributed by atoms with van der Waals surface area (Å²) in [5.41, 5.74) is 2.30. The second-order valence-corrected chi connectivity index (χ2v) is 8.97. The molecule has 0 radical (unpaired) electrons. The Morgan fingerprint density at radius 1 is 1.11 bits per heavy atom. The number of thiophene rings is 1. The number of piperazine rings is 1. The third-order valence-electron chi connectivity index (χ3n) is 5.14. The molecule has 4 rings (SSSR count). The van der Waals surface area contributed by atoms with Crippen molar-refractivity contribution in [2.45, 2.75) is 6.42 Å². The molecule has 7 heteroatoms. The number of nitrogens with zero attached hydrogens (tertiary/aromatic N) is 4. The quantitative estimate of drug-likeness (QED) is 0.622. The second kappa shape index (κ2) is 9.05. The van der Waals surface area contributed by atoms with Crippen LogP contribution in [0, 0.1) is 0 Å². The highest BCUT2D eigenvalue weighted by atomic mass is 32.1. The fourth-order valence-electron chi connectivity index (χ4n) is 3.42. The molecular weight excluding hydrogens is 388 g/mol. The fraction of sp³-hybridized carbons (Fsp3) is 0.381. The summed E-state index contributed by atoms with van der Waals surface area (Å²) in [6.07, 6.45) is 3.05. The van der Waals surface area contributed by atoms with Gasteiger partial charge in [0.25, 0.3) is 0 Å². The van der Waals surface area contributed by atoms with Gasteiger partial charge < -0.3 is 19.8 Å². The summed E-state index contributed by atoms with van der Waals surface area (Å²) in [5.74, 6) is 0.291. The van der Waals surface area contributed by atoms with Crippen molar-refractivity contribution in [2.24, 2.45) is 0 Å². The standard InChI is InChI=1S/C21H26N4OS2/c1-23-10-12-24(13-11-23)8-2-9-25(18-3-5-19(26)6-4-18)21-22-15-20(28-21)17-7-14-27-16-17/h3-7,14-16,26H,2,8-13H2,1H3. The van der Waals surface area contributed by atoms with E-state index >= 15 is 0 Å². The molecule has 0 aliphatic carbocycles. The van der Waals surface area contributed by atoms with E-state index in [0.717, 1.165) is 56.5 Å². The number of hydrogen-bond donors (Lipinski definition) is 1. The van der Waals surface area contributed by atoms with Crippen LogP contribution < -0.4 is 4.90 Å². The number of aromatic nitrogens is 1. The van der Waals surface area contributed by atoms with Crippen LogP contribution in [0.1, 0.15) is 6.42 Å². The fourth-order valence-corrected chi connectivity index (χ4v) is 5.11. The second-order valence-electron chi connectivity index (χ2n) is 7.19. The molecule has 5 nitrogen and oxygen atoms in total. The number of likely N-dealkylation sites (N-methyl/N-ethyl adjacent to an activating group) is 1. The van der Waals surface area contributed by atoms with Crippen LogP contribution in [0.15, 0.2) is 47.3 Å². The van der Waals surface area contributed by atoms with E-state index in [0.29, 0.717) is 5.75 Å². The van der Waals surface area contributed by atoms with E-state index in [1.54, 1.807) is 34.8 Å². The number of anilines is 2. The average molecular weight is 415 g/mol. The smallest absolute Gasteiger partial charge is 0.190 e. The molecule has 1 N–H and O–H groups in total. The lowest BCUT2D eigenvalue weighted by atomic mass is 10.2. The van der Waals surface area contributed by atoms with Crippen molar-refractivity contribution in [2.75, 3.05) is 51.2 Å². The molecule has 3 heterocycles. The molecule has 0 spiro atoms. The first kappa shape index (κ1) is 19.4. The van der Waals surface area contributed by atoms with Crippen LogP contribution in [0.3, 0.4) is 0 Å². The third-order valence-corrected chi connectivity index (χ3v) is 6.90. The number of benzene rings is 1. The van der Waals surface area contributed by atoms with Gasteiger partial charge in [-0.2, -0.15) is 11.3 Å². The number of phenolic OH excluding ortho intramolecular Hbond substituents is 1. The zero-order chi connectivity index (χ0) is 19.3. The Morgan fingerprint density at radius 3 is 2.61 bits per heavy atom. The van der Waals surface area contributed by atoms with Crippen molar-refractivity contribution in [3.63, 3.8) is 0 Å². The number of phenols is 1. The van der Waals surface area contributed by atoms with Gasteiger partial charge in [-0.15, -0.1) is 0 Å². The van der Waals surface area contributed by atoms with E-state index in [1.807, 2.05) is 18.3 Å². The molecule has 0 atom stereocenters. The molecule has 1 aromatic carbocycles. The summed E-state index contributed by atoms with van der Waals surface area (Å²) in [4.78, 5) is 13.1. The van der Waals surface area contributed by atoms with Gasteiger partial charge >= 0.3 is 0 Å². The molecule has 1 fully saturated rings. The first-order valence-corrected chi connectivity index (χ1v) is 11.4. The molecule has 28 heavy (non-hydrogen) atoms. The number of aromatic hydroxyl groups is 1. The highest BCUT2D eigenvalue weighted by Gasteiger charge is 2.17. The van der Waals surface area contributed by atoms with Gasteiger partial charge in [0.2, 0.25) is 0 Å². The molecule has 3 aromatic rings. The lowest BCUT2D eigenvalue weighted by Gasteiger charge is -2.33. The Labute approximate surface area is 174 Å². The first-order valence-electron chi connectivity index (χ1n) is 9.65. The summed E-state index contributed by atoms with van der Waals surface area (Å²) < 4.78 is 0. The summed E-state index contributed by atoms with van der Waals surface area (Å²) in [7, 11) is 2.19. The van der Waals surface area contributed by atoms with Gasteiger partial charge in [0.15, 0.2) is 5.13 Å². The maximum absolute atomic E-state index is 9.66. The van der Waals surface area contributed by atoms with Gasteiger partial charge in [0.1, 0.15) is 5.75 Å². The predicted molar refractivity (Wildman–Crippen MR) is 119 cm³/mol. The van der Waals surface area contributed by atoms with Crippen LogP contribution in [-0.2, 0) is 0 Å². The highest BCUT2D eigenvalue weighted by molar-refractivity contribution is 7.19. The van der Waals surface area contributed by atoms with E-state index in [9.17, 15) is 5.11 Å². The summed E-state index contributed by atoms with van der Waals surface area (Å²) in [5, 5.41) is 14.9. The van der Waals surface area contributed by atoms with Crippen LogP contribution in [0.5, 0.6) is 5.75 Å². The lowest BCUT2D eigenvalue weighted by Crippen LogP contribution is -2.45. The van der Waals surface area contributed by atoms with Crippen molar-refractivity contribution in [3.05, 3.63) is 47.3 Å². The Kier molecular flexibility index (Phi) is 6.26. The largest absolute Gasteiger partial charge is 0.508 e. The van der Waals surface area contributed by atoms with E-state index < -0.39 is 0 Å². The molecule has 0 bridgehead atoms. The van der Waals surface area contributed by atoms with Gasteiger partial charge in [-0.1, -0.05) is 11.3 Å². The molecule has 1 aliphatic heterocycles. The van der Waals surface area contributed by atoms with E-state index in [4.69, 9.17) is 4.98 Å². The minimum Gasteiger partial charge on any atom is -0.508 e. The van der Waals surface area contributed by atoms with Crippen molar-refractivity contribution >= 4 is 33.5 Å². The summed E-state index contributed by atoms with van der Waals surface area (Å²) in [6, 6.07) is 9.57. The molecule has 1 saturated heterocycles. The molecule has 1 aliphatic rings. The van der Waals surface area contributed by atoms with Crippen LogP contribution >= 0.6 is 22.7 Å². The molecule has 0 saturated carbocycles. The number of thiazole rings is 1. The van der Waals surface area contributed by atoms with Gasteiger partial charge in [0, 0.05) is 50.2 Å². The van der Waals surface area contributed by atoms with Crippen LogP contribution in [0.2, 0.25) is 0 Å². The number of rotatable bonds is 7. The molecular formula is C21H26N4OS2. The number of hydrogen-bond acceptors (Lipinski definition) is 7. The average Bonchev–Trinajstić information content (AvgIpc) is 3.39. The van der Waals surface area contributed by atoms with Crippen molar-refractivity contribution < 1.29 is 5.11 Å². The minimum atomic E-state index is 0.291. The zero-order valence-electron chi connectivity index (χ0n) is 16.1. The zero-order valence-corrected chi connectivity index (χ0v) is 17.8. The summed E-state index contributed by atoms with van der Waals surface area (Å²) in [6.45, 7) is 6.61. The van der Waals surface area contributed by atoms with Crippen LogP contribution in [-0.4, -0.2) is 66.2 Å². The molecule has 0 unspecified atom stereocenters. The van der Waals surface area contributed by atoms with Crippen molar-refractivity contribution in [1.29, 1.82) is 0 Å². The molecule has 148 valence electrons. The Hall–Kier alpha value is -1.93. The van der Waals surface area contributed by atoms with Crippen LogP contribution in [0.4, 0.5) is 10.8 Å². The summed E-state index contributed by atoms with van der Waals surface area (Å²) >= 11 is 3.43. The van der Waals surface area contributed by atoms with Gasteiger partial charge in [-0.3, -0.25) is 0 Å². The topological polar surface area (TPSA) is 42.8 Å². The third kappa shape index (κ3) is 4.72. The minimum absolute atomic E-state index is 0.291. The Balaban J connectivity index is 1.47. The lowest BCUT2D eigenvalue weighted by molar-refractivity contribution is 0.153. The maximum atomic E-state index is 9.66. The van der Waals surface area contributed by atoms with Gasteiger partial charge in [-0.25, -0.2) is 4.98 Å². The van der Waals surface area contributed by atoms with Crippen molar-refractivity contribution in [3.8, 4) is 16.2 Å². The monoisotopic (exact) mass is 414 g/mol. The van der Waals surface area contributed by atoms with E-state index in [-0.39, 0.29) is 0 Å². The Morgan fingerprint density at radius 2 is 1.89 bits per heavy atom. The van der Waals surface area contributed by atoms with E-state index in [1.165, 1.54) is 10.4 Å². The molecule has 2 aromatic heterocycles. The molecule has 0 amide bonds. The Bertz CT molecular complexity index is 855. The first-order chi connectivity index (χ1) is 13.7. The van der Waals surface area contributed by atoms with Crippen molar-refractivity contribution in [1.82, 2.24) is 14.8 Å².